The first-order valence-corrected chi connectivity index (χ1v) is 10.9. The molecular weight excluding hydrogens is 419 g/mol. The number of nitrogens with one attached hydrogen (secondary N) is 1. The van der Waals surface area contributed by atoms with Crippen molar-refractivity contribution >= 4 is 28.9 Å². The van der Waals surface area contributed by atoms with Crippen molar-refractivity contribution in [2.45, 2.75) is 0 Å². The Hall–Kier alpha value is -3.78. The summed E-state index contributed by atoms with van der Waals surface area (Å²) in [4.78, 5) is 13.6. The fourth-order valence-corrected chi connectivity index (χ4v) is 4.00. The zero-order valence-corrected chi connectivity index (χ0v) is 18.6. The molecule has 2 aromatic heterocycles. The Morgan fingerprint density at radius 1 is 1.03 bits per heavy atom. The van der Waals surface area contributed by atoms with Crippen molar-refractivity contribution in [2.75, 3.05) is 45.2 Å². The van der Waals surface area contributed by atoms with Crippen LogP contribution in [-0.2, 0) is 0 Å². The number of halogens is 1. The lowest BCUT2D eigenvalue weighted by molar-refractivity contribution is 0.313. The first-order valence-electron chi connectivity index (χ1n) is 10.9. The first kappa shape index (κ1) is 21.1. The van der Waals surface area contributed by atoms with E-state index in [1.807, 2.05) is 12.2 Å². The standard InChI is InChI=1S/C25H25FN6O/c1-31-12-14-32(15-13-31)18-9-6-17(7-10-18)8-11-20-24-21(30-29-20)16-27-25(28-24)23-19(26)4-3-5-22(23)33-2/h3-11,16H,12-15H2,1-2H3,(H,29,30)/b11-8+. The Bertz CT molecular complexity index is 1290. The van der Waals surface area contributed by atoms with Crippen LogP contribution in [0.2, 0.25) is 0 Å². The molecular formula is C25H25FN6O. The number of hydrogen-bond donors (Lipinski definition) is 1. The number of H-pyrrole nitrogens is 1. The molecule has 0 amide bonds. The van der Waals surface area contributed by atoms with Crippen LogP contribution in [0.25, 0.3) is 34.6 Å². The predicted octanol–water partition coefficient (Wildman–Crippen LogP) is 4.09. The average Bonchev–Trinajstić information content (AvgIpc) is 3.25. The summed E-state index contributed by atoms with van der Waals surface area (Å²) in [6, 6.07) is 13.2. The number of nitrogens with zero attached hydrogens (tertiary/aromatic N) is 5. The summed E-state index contributed by atoms with van der Waals surface area (Å²) in [6.07, 6.45) is 5.51. The largest absolute Gasteiger partial charge is 0.496 e. The Labute approximate surface area is 191 Å². The number of likely N-dealkylation sites (N-methyl/N-ethyl adjacent to an activating group) is 1. The van der Waals surface area contributed by atoms with Crippen LogP contribution in [0.4, 0.5) is 10.1 Å². The number of aromatic amines is 1. The molecule has 1 saturated heterocycles. The molecule has 4 aromatic rings. The van der Waals surface area contributed by atoms with Crippen molar-refractivity contribution in [3.05, 3.63) is 65.7 Å². The molecule has 0 atom stereocenters. The van der Waals surface area contributed by atoms with E-state index in [1.54, 1.807) is 18.3 Å². The summed E-state index contributed by atoms with van der Waals surface area (Å²) in [5.41, 5.74) is 4.50. The van der Waals surface area contributed by atoms with Gasteiger partial charge >= 0.3 is 0 Å². The number of fused-ring (bicyclic) bond motifs is 1. The summed E-state index contributed by atoms with van der Waals surface area (Å²) >= 11 is 0. The molecule has 5 rings (SSSR count). The Kier molecular flexibility index (Phi) is 5.75. The summed E-state index contributed by atoms with van der Waals surface area (Å²) in [7, 11) is 3.66. The SMILES string of the molecule is COc1cccc(F)c1-c1ncc2[nH]nc(/C=C/c3ccc(N4CCN(C)CC4)cc3)c2n1. The van der Waals surface area contributed by atoms with Crippen LogP contribution in [0.15, 0.2) is 48.7 Å². The highest BCUT2D eigenvalue weighted by atomic mass is 19.1. The minimum Gasteiger partial charge on any atom is -0.496 e. The van der Waals surface area contributed by atoms with Crippen LogP contribution < -0.4 is 9.64 Å². The van der Waals surface area contributed by atoms with Gasteiger partial charge in [0.15, 0.2) is 5.82 Å². The van der Waals surface area contributed by atoms with Gasteiger partial charge in [-0.2, -0.15) is 5.10 Å². The van der Waals surface area contributed by atoms with Crippen molar-refractivity contribution in [1.82, 2.24) is 25.1 Å². The van der Waals surface area contributed by atoms with Gasteiger partial charge in [0.2, 0.25) is 0 Å². The maximum Gasteiger partial charge on any atom is 0.166 e. The second-order valence-corrected chi connectivity index (χ2v) is 8.10. The van der Waals surface area contributed by atoms with E-state index in [9.17, 15) is 4.39 Å². The molecule has 0 spiro atoms. The fourth-order valence-electron chi connectivity index (χ4n) is 4.00. The van der Waals surface area contributed by atoms with Crippen LogP contribution in [0, 0.1) is 5.82 Å². The van der Waals surface area contributed by atoms with Gasteiger partial charge in [-0.15, -0.1) is 0 Å². The smallest absolute Gasteiger partial charge is 0.166 e. The van der Waals surface area contributed by atoms with E-state index >= 15 is 0 Å². The van der Waals surface area contributed by atoms with E-state index in [-0.39, 0.29) is 11.4 Å². The van der Waals surface area contributed by atoms with E-state index in [4.69, 9.17) is 4.74 Å². The van der Waals surface area contributed by atoms with Gasteiger partial charge in [0.05, 0.1) is 18.9 Å². The lowest BCUT2D eigenvalue weighted by Gasteiger charge is -2.34. The average molecular weight is 445 g/mol. The Morgan fingerprint density at radius 3 is 2.58 bits per heavy atom. The third-order valence-corrected chi connectivity index (χ3v) is 5.94. The molecule has 8 heteroatoms. The quantitative estimate of drug-likeness (QED) is 0.500. The summed E-state index contributed by atoms with van der Waals surface area (Å²) in [5, 5.41) is 7.30. The second kappa shape index (κ2) is 8.99. The maximum atomic E-state index is 14.5. The summed E-state index contributed by atoms with van der Waals surface area (Å²) in [6.45, 7) is 4.24. The second-order valence-electron chi connectivity index (χ2n) is 8.10. The van der Waals surface area contributed by atoms with E-state index < -0.39 is 5.82 Å². The molecule has 2 aromatic carbocycles. The Balaban J connectivity index is 1.40. The highest BCUT2D eigenvalue weighted by Crippen LogP contribution is 2.31. The molecule has 168 valence electrons. The minimum atomic E-state index is -0.435. The van der Waals surface area contributed by atoms with Gasteiger partial charge in [-0.3, -0.25) is 5.10 Å². The van der Waals surface area contributed by atoms with E-state index in [0.717, 1.165) is 31.7 Å². The zero-order chi connectivity index (χ0) is 22.8. The lowest BCUT2D eigenvalue weighted by Crippen LogP contribution is -2.44. The molecule has 0 aliphatic carbocycles. The molecule has 3 heterocycles. The lowest BCUT2D eigenvalue weighted by atomic mass is 10.1. The highest BCUT2D eigenvalue weighted by molar-refractivity contribution is 5.87. The fraction of sp³-hybridized carbons (Fsp3) is 0.240. The monoisotopic (exact) mass is 444 g/mol. The van der Waals surface area contributed by atoms with Crippen molar-refractivity contribution < 1.29 is 9.13 Å². The molecule has 33 heavy (non-hydrogen) atoms. The van der Waals surface area contributed by atoms with Crippen molar-refractivity contribution in [1.29, 1.82) is 0 Å². The number of anilines is 1. The van der Waals surface area contributed by atoms with Crippen LogP contribution in [0.1, 0.15) is 11.3 Å². The molecule has 0 radical (unpaired) electrons. The van der Waals surface area contributed by atoms with Gasteiger partial charge < -0.3 is 14.5 Å². The van der Waals surface area contributed by atoms with Crippen LogP contribution in [0.3, 0.4) is 0 Å². The minimum absolute atomic E-state index is 0.234. The number of piperazine rings is 1. The van der Waals surface area contributed by atoms with Gasteiger partial charge in [-0.05, 0) is 43.0 Å². The van der Waals surface area contributed by atoms with E-state index in [2.05, 4.69) is 61.3 Å². The van der Waals surface area contributed by atoms with Crippen molar-refractivity contribution in [3.63, 3.8) is 0 Å². The van der Waals surface area contributed by atoms with Crippen LogP contribution in [-0.4, -0.2) is 65.4 Å². The van der Waals surface area contributed by atoms with Gasteiger partial charge in [0.1, 0.15) is 28.3 Å². The molecule has 1 aliphatic rings. The molecule has 7 nitrogen and oxygen atoms in total. The Morgan fingerprint density at radius 2 is 1.82 bits per heavy atom. The number of benzene rings is 2. The number of ether oxygens (including phenoxy) is 1. The van der Waals surface area contributed by atoms with Gasteiger partial charge in [-0.25, -0.2) is 14.4 Å². The topological polar surface area (TPSA) is 70.2 Å². The predicted molar refractivity (Wildman–Crippen MR) is 129 cm³/mol. The third-order valence-electron chi connectivity index (χ3n) is 5.94. The van der Waals surface area contributed by atoms with Gasteiger partial charge in [-0.1, -0.05) is 24.3 Å². The number of rotatable bonds is 5. The normalized spacial score (nSPS) is 14.9. The molecule has 0 bridgehead atoms. The molecule has 0 saturated carbocycles. The third kappa shape index (κ3) is 4.29. The van der Waals surface area contributed by atoms with Gasteiger partial charge in [0, 0.05) is 31.9 Å². The zero-order valence-electron chi connectivity index (χ0n) is 18.6. The van der Waals surface area contributed by atoms with Crippen LogP contribution >= 0.6 is 0 Å². The number of methoxy groups -OCH3 is 1. The molecule has 1 aliphatic heterocycles. The summed E-state index contributed by atoms with van der Waals surface area (Å²) < 4.78 is 19.8. The highest BCUT2D eigenvalue weighted by Gasteiger charge is 2.17. The number of aromatic nitrogens is 4. The summed E-state index contributed by atoms with van der Waals surface area (Å²) in [5.74, 6) is 0.204. The molecule has 0 unspecified atom stereocenters. The van der Waals surface area contributed by atoms with Gasteiger partial charge in [0.25, 0.3) is 0 Å². The van der Waals surface area contributed by atoms with E-state index in [1.165, 1.54) is 18.9 Å². The molecule has 1 fully saturated rings. The molecule has 1 N–H and O–H groups in total. The number of hydrogen-bond acceptors (Lipinski definition) is 6. The van der Waals surface area contributed by atoms with Crippen LogP contribution in [0.5, 0.6) is 5.75 Å². The van der Waals surface area contributed by atoms with Crippen molar-refractivity contribution in [3.8, 4) is 17.1 Å². The maximum absolute atomic E-state index is 14.5. The van der Waals surface area contributed by atoms with E-state index in [0.29, 0.717) is 22.5 Å². The first-order chi connectivity index (χ1) is 16.1. The van der Waals surface area contributed by atoms with Crippen molar-refractivity contribution in [2.24, 2.45) is 0 Å².